The van der Waals surface area contributed by atoms with Gasteiger partial charge < -0.3 is 14.8 Å². The Bertz CT molecular complexity index is 1040. The molecule has 0 atom stereocenters. The van der Waals surface area contributed by atoms with Crippen LogP contribution in [0.5, 0.6) is 11.5 Å². The summed E-state index contributed by atoms with van der Waals surface area (Å²) in [6.07, 6.45) is 1.47. The molecule has 152 valence electrons. The van der Waals surface area contributed by atoms with Crippen LogP contribution in [0.2, 0.25) is 0 Å². The van der Waals surface area contributed by atoms with Gasteiger partial charge in [0.15, 0.2) is 6.61 Å². The van der Waals surface area contributed by atoms with Crippen molar-refractivity contribution in [2.75, 3.05) is 19.0 Å². The molecule has 0 aromatic heterocycles. The minimum Gasteiger partial charge on any atom is -0.495 e. The summed E-state index contributed by atoms with van der Waals surface area (Å²) in [7, 11) is 1.54. The molecule has 0 aliphatic rings. The minimum absolute atomic E-state index is 0.195. The molecule has 3 rings (SSSR count). The molecule has 0 aliphatic heterocycles. The Morgan fingerprint density at radius 2 is 1.57 bits per heavy atom. The fraction of sp³-hybridized carbons (Fsp3) is 0.0870. The van der Waals surface area contributed by atoms with Gasteiger partial charge in [0.1, 0.15) is 11.5 Å². The summed E-state index contributed by atoms with van der Waals surface area (Å²) in [5, 5.41) is 6.72. The molecular formula is C23H21N3O4. The lowest BCUT2D eigenvalue weighted by Crippen LogP contribution is -2.21. The quantitative estimate of drug-likeness (QED) is 0.445. The third-order valence-corrected chi connectivity index (χ3v) is 4.06. The first-order valence-electron chi connectivity index (χ1n) is 9.20. The van der Waals surface area contributed by atoms with E-state index in [1.165, 1.54) is 13.3 Å². The summed E-state index contributed by atoms with van der Waals surface area (Å²) >= 11 is 0. The molecule has 0 aliphatic carbocycles. The van der Waals surface area contributed by atoms with Gasteiger partial charge in [-0.15, -0.1) is 0 Å². The molecule has 2 amide bonds. The highest BCUT2D eigenvalue weighted by Crippen LogP contribution is 2.23. The topological polar surface area (TPSA) is 89.0 Å². The molecule has 0 spiro atoms. The van der Waals surface area contributed by atoms with Gasteiger partial charge >= 0.3 is 0 Å². The van der Waals surface area contributed by atoms with Crippen molar-refractivity contribution in [1.82, 2.24) is 5.43 Å². The monoisotopic (exact) mass is 403 g/mol. The third-order valence-electron chi connectivity index (χ3n) is 4.06. The van der Waals surface area contributed by atoms with Gasteiger partial charge in [-0.25, -0.2) is 5.43 Å². The molecule has 0 radical (unpaired) electrons. The first-order valence-corrected chi connectivity index (χ1v) is 9.20. The maximum Gasteiger partial charge on any atom is 0.271 e. The van der Waals surface area contributed by atoms with Crippen molar-refractivity contribution < 1.29 is 19.1 Å². The number of amides is 2. The second kappa shape index (κ2) is 10.4. The van der Waals surface area contributed by atoms with Crippen LogP contribution in [-0.4, -0.2) is 31.7 Å². The second-order valence-corrected chi connectivity index (χ2v) is 6.14. The number of anilines is 1. The van der Waals surface area contributed by atoms with Crippen molar-refractivity contribution in [2.24, 2.45) is 5.10 Å². The van der Waals surface area contributed by atoms with Crippen LogP contribution in [0.15, 0.2) is 84.0 Å². The van der Waals surface area contributed by atoms with Crippen molar-refractivity contribution in [2.45, 2.75) is 0 Å². The lowest BCUT2D eigenvalue weighted by molar-refractivity contribution is -0.118. The first kappa shape index (κ1) is 20.6. The molecule has 7 nitrogen and oxygen atoms in total. The first-order chi connectivity index (χ1) is 14.7. The number of hydrogen-bond acceptors (Lipinski definition) is 5. The van der Waals surface area contributed by atoms with E-state index in [0.717, 1.165) is 0 Å². The molecule has 7 heteroatoms. The van der Waals surface area contributed by atoms with Gasteiger partial charge in [-0.3, -0.25) is 9.59 Å². The summed E-state index contributed by atoms with van der Waals surface area (Å²) in [4.78, 5) is 24.3. The Kier molecular flexibility index (Phi) is 7.16. The van der Waals surface area contributed by atoms with Crippen LogP contribution < -0.4 is 20.2 Å². The van der Waals surface area contributed by atoms with Gasteiger partial charge in [0.25, 0.3) is 11.8 Å². The summed E-state index contributed by atoms with van der Waals surface area (Å²) in [6, 6.07) is 23.0. The standard InChI is InChI=1S/C23H21N3O4/c1-29-21-14-8-6-12-19(21)25-22(27)16-30-20-13-7-5-11-18(20)15-24-26-23(28)17-9-3-2-4-10-17/h2-15H,16H2,1H3,(H,25,27)(H,26,28). The van der Waals surface area contributed by atoms with Gasteiger partial charge in [0, 0.05) is 11.1 Å². The molecule has 0 saturated heterocycles. The maximum atomic E-state index is 12.2. The van der Waals surface area contributed by atoms with Crippen molar-refractivity contribution in [3.8, 4) is 11.5 Å². The van der Waals surface area contributed by atoms with Crippen LogP contribution in [0.4, 0.5) is 5.69 Å². The Balaban J connectivity index is 1.58. The number of carbonyl (C=O) groups excluding carboxylic acids is 2. The lowest BCUT2D eigenvalue weighted by Gasteiger charge is -2.11. The van der Waals surface area contributed by atoms with Gasteiger partial charge in [0.2, 0.25) is 0 Å². The van der Waals surface area contributed by atoms with E-state index < -0.39 is 0 Å². The number of ether oxygens (including phenoxy) is 2. The van der Waals surface area contributed by atoms with Crippen LogP contribution in [0.25, 0.3) is 0 Å². The van der Waals surface area contributed by atoms with Gasteiger partial charge in [0.05, 0.1) is 19.0 Å². The Morgan fingerprint density at radius 1 is 0.900 bits per heavy atom. The van der Waals surface area contributed by atoms with Crippen LogP contribution in [0.1, 0.15) is 15.9 Å². The SMILES string of the molecule is COc1ccccc1NC(=O)COc1ccccc1C=NNC(=O)c1ccccc1. The highest BCUT2D eigenvalue weighted by Gasteiger charge is 2.09. The van der Waals surface area contributed by atoms with Gasteiger partial charge in [-0.1, -0.05) is 42.5 Å². The van der Waals surface area contributed by atoms with Gasteiger partial charge in [-0.05, 0) is 36.4 Å². The van der Waals surface area contributed by atoms with E-state index in [0.29, 0.717) is 28.3 Å². The molecule has 0 heterocycles. The summed E-state index contributed by atoms with van der Waals surface area (Å²) in [5.41, 5.74) is 4.16. The number of carbonyl (C=O) groups is 2. The summed E-state index contributed by atoms with van der Waals surface area (Å²) in [5.74, 6) is 0.378. The van der Waals surface area contributed by atoms with E-state index in [1.54, 1.807) is 60.7 Å². The van der Waals surface area contributed by atoms with Crippen molar-refractivity contribution >= 4 is 23.7 Å². The smallest absolute Gasteiger partial charge is 0.271 e. The molecule has 3 aromatic rings. The zero-order valence-corrected chi connectivity index (χ0v) is 16.4. The lowest BCUT2D eigenvalue weighted by atomic mass is 10.2. The second-order valence-electron chi connectivity index (χ2n) is 6.14. The number of hydrazone groups is 1. The fourth-order valence-corrected chi connectivity index (χ4v) is 2.61. The van der Waals surface area contributed by atoms with Crippen molar-refractivity contribution in [3.63, 3.8) is 0 Å². The Morgan fingerprint density at radius 3 is 2.33 bits per heavy atom. The number of nitrogens with one attached hydrogen (secondary N) is 2. The molecule has 0 unspecified atom stereocenters. The number of para-hydroxylation sites is 3. The summed E-state index contributed by atoms with van der Waals surface area (Å²) in [6.45, 7) is -0.195. The van der Waals surface area contributed by atoms with Crippen molar-refractivity contribution in [3.05, 3.63) is 90.0 Å². The zero-order chi connectivity index (χ0) is 21.2. The highest BCUT2D eigenvalue weighted by atomic mass is 16.5. The largest absolute Gasteiger partial charge is 0.495 e. The molecule has 0 bridgehead atoms. The molecule has 2 N–H and O–H groups in total. The number of methoxy groups -OCH3 is 1. The number of nitrogens with zero attached hydrogens (tertiary/aromatic N) is 1. The number of benzene rings is 3. The molecular weight excluding hydrogens is 382 g/mol. The number of rotatable bonds is 8. The molecule has 3 aromatic carbocycles. The molecule has 30 heavy (non-hydrogen) atoms. The van der Waals surface area contributed by atoms with E-state index >= 15 is 0 Å². The van der Waals surface area contributed by atoms with E-state index in [1.807, 2.05) is 18.2 Å². The van der Waals surface area contributed by atoms with Crippen LogP contribution in [0.3, 0.4) is 0 Å². The highest BCUT2D eigenvalue weighted by molar-refractivity contribution is 5.95. The van der Waals surface area contributed by atoms with E-state index in [-0.39, 0.29) is 18.4 Å². The van der Waals surface area contributed by atoms with E-state index in [9.17, 15) is 9.59 Å². The molecule has 0 saturated carbocycles. The van der Waals surface area contributed by atoms with E-state index in [2.05, 4.69) is 15.8 Å². The van der Waals surface area contributed by atoms with Gasteiger partial charge in [-0.2, -0.15) is 5.10 Å². The van der Waals surface area contributed by atoms with Crippen LogP contribution >= 0.6 is 0 Å². The normalized spacial score (nSPS) is 10.4. The molecule has 0 fully saturated rings. The summed E-state index contributed by atoms with van der Waals surface area (Å²) < 4.78 is 10.8. The maximum absolute atomic E-state index is 12.2. The Hall–Kier alpha value is -4.13. The fourth-order valence-electron chi connectivity index (χ4n) is 2.61. The number of hydrogen-bond donors (Lipinski definition) is 2. The predicted octanol–water partition coefficient (Wildman–Crippen LogP) is 3.48. The van der Waals surface area contributed by atoms with Crippen LogP contribution in [-0.2, 0) is 4.79 Å². The van der Waals surface area contributed by atoms with Crippen molar-refractivity contribution in [1.29, 1.82) is 0 Å². The Labute approximate surface area is 174 Å². The zero-order valence-electron chi connectivity index (χ0n) is 16.4. The van der Waals surface area contributed by atoms with E-state index in [4.69, 9.17) is 9.47 Å². The third kappa shape index (κ3) is 5.68. The predicted molar refractivity (Wildman–Crippen MR) is 115 cm³/mol. The van der Waals surface area contributed by atoms with Crippen LogP contribution in [0, 0.1) is 0 Å². The minimum atomic E-state index is -0.330. The average molecular weight is 403 g/mol. The average Bonchev–Trinajstić information content (AvgIpc) is 2.79.